The van der Waals surface area contributed by atoms with E-state index < -0.39 is 0 Å². The summed E-state index contributed by atoms with van der Waals surface area (Å²) < 4.78 is 2.16. The molecule has 1 aliphatic carbocycles. The van der Waals surface area contributed by atoms with Gasteiger partial charge < -0.3 is 0 Å². The molecule has 0 N–H and O–H groups in total. The van der Waals surface area contributed by atoms with Gasteiger partial charge in [0.2, 0.25) is 0 Å². The molecule has 16 heavy (non-hydrogen) atoms. The number of aromatic nitrogens is 2. The first-order valence-electron chi connectivity index (χ1n) is 6.03. The number of hydrogen-bond donors (Lipinski definition) is 0. The van der Waals surface area contributed by atoms with Crippen LogP contribution >= 0.6 is 11.8 Å². The molecule has 1 aromatic rings. The lowest BCUT2D eigenvalue weighted by molar-refractivity contribution is 0.111. The summed E-state index contributed by atoms with van der Waals surface area (Å²) in [5.74, 6) is 2.00. The maximum Gasteiger partial charge on any atom is 0.170 e. The predicted molar refractivity (Wildman–Crippen MR) is 64.7 cm³/mol. The maximum atomic E-state index is 11.0. The van der Waals surface area contributed by atoms with Gasteiger partial charge in [0.1, 0.15) is 5.69 Å². The van der Waals surface area contributed by atoms with E-state index in [1.165, 1.54) is 43.4 Å². The molecule has 4 heteroatoms. The summed E-state index contributed by atoms with van der Waals surface area (Å²) in [6, 6.07) is 0.551. The summed E-state index contributed by atoms with van der Waals surface area (Å²) in [4.78, 5) is 11.0. The van der Waals surface area contributed by atoms with Crippen molar-refractivity contribution in [3.8, 4) is 0 Å². The van der Waals surface area contributed by atoms with Crippen LogP contribution in [0.3, 0.4) is 0 Å². The third kappa shape index (κ3) is 1.59. The van der Waals surface area contributed by atoms with E-state index in [2.05, 4.69) is 9.78 Å². The van der Waals surface area contributed by atoms with Crippen LogP contribution < -0.4 is 0 Å². The van der Waals surface area contributed by atoms with Gasteiger partial charge in [-0.2, -0.15) is 16.9 Å². The van der Waals surface area contributed by atoms with E-state index in [4.69, 9.17) is 0 Å². The molecule has 2 aliphatic rings. The van der Waals surface area contributed by atoms with Crippen LogP contribution in [-0.4, -0.2) is 16.1 Å². The summed E-state index contributed by atoms with van der Waals surface area (Å²) in [5.41, 5.74) is 3.20. The molecule has 0 unspecified atom stereocenters. The second-order valence-corrected chi connectivity index (χ2v) is 5.64. The zero-order valence-electron chi connectivity index (χ0n) is 9.32. The highest BCUT2D eigenvalue weighted by Crippen LogP contribution is 2.36. The standard InChI is InChI=1S/C12H16N2OS/c15-6-11-10-7-16-8-12(10)14(13-11)9-4-2-1-3-5-9/h6,9H,1-5,7-8H2. The third-order valence-electron chi connectivity index (χ3n) is 3.67. The van der Waals surface area contributed by atoms with Gasteiger partial charge in [0.15, 0.2) is 6.29 Å². The monoisotopic (exact) mass is 236 g/mol. The molecule has 1 aromatic heterocycles. The summed E-state index contributed by atoms with van der Waals surface area (Å²) >= 11 is 1.90. The predicted octanol–water partition coefficient (Wildman–Crippen LogP) is 2.95. The number of nitrogens with zero attached hydrogens (tertiary/aromatic N) is 2. The molecule has 86 valence electrons. The Hall–Kier alpha value is -0.770. The average Bonchev–Trinajstić information content (AvgIpc) is 2.91. The Morgan fingerprint density at radius 2 is 2.06 bits per heavy atom. The second kappa shape index (κ2) is 4.24. The molecule has 3 rings (SSSR count). The van der Waals surface area contributed by atoms with Gasteiger partial charge in [-0.05, 0) is 12.8 Å². The fraction of sp³-hybridized carbons (Fsp3) is 0.667. The van der Waals surface area contributed by atoms with Crippen LogP contribution in [0.4, 0.5) is 0 Å². The van der Waals surface area contributed by atoms with Crippen molar-refractivity contribution in [3.63, 3.8) is 0 Å². The molecule has 1 aliphatic heterocycles. The Kier molecular flexibility index (Phi) is 2.75. The van der Waals surface area contributed by atoms with Crippen LogP contribution in [-0.2, 0) is 11.5 Å². The highest BCUT2D eigenvalue weighted by atomic mass is 32.2. The van der Waals surface area contributed by atoms with Gasteiger partial charge in [-0.15, -0.1) is 0 Å². The summed E-state index contributed by atoms with van der Waals surface area (Å²) in [5, 5.41) is 4.51. The largest absolute Gasteiger partial charge is 0.296 e. The number of rotatable bonds is 2. The van der Waals surface area contributed by atoms with Crippen LogP contribution in [0, 0.1) is 0 Å². The quantitative estimate of drug-likeness (QED) is 0.740. The summed E-state index contributed by atoms with van der Waals surface area (Å²) in [6.07, 6.45) is 7.36. The zero-order valence-corrected chi connectivity index (χ0v) is 10.1. The topological polar surface area (TPSA) is 34.9 Å². The normalized spacial score (nSPS) is 21.0. The first-order chi connectivity index (χ1) is 7.90. The van der Waals surface area contributed by atoms with E-state index in [1.54, 1.807) is 0 Å². The Balaban J connectivity index is 1.97. The average molecular weight is 236 g/mol. The van der Waals surface area contributed by atoms with Gasteiger partial charge in [-0.25, -0.2) is 0 Å². The van der Waals surface area contributed by atoms with Crippen LogP contribution in [0.25, 0.3) is 0 Å². The smallest absolute Gasteiger partial charge is 0.170 e. The van der Waals surface area contributed by atoms with Crippen molar-refractivity contribution in [1.29, 1.82) is 0 Å². The van der Waals surface area contributed by atoms with Crippen molar-refractivity contribution in [2.75, 3.05) is 0 Å². The lowest BCUT2D eigenvalue weighted by Crippen LogP contribution is -2.16. The Morgan fingerprint density at radius 1 is 1.25 bits per heavy atom. The van der Waals surface area contributed by atoms with E-state index in [0.717, 1.165) is 17.8 Å². The molecule has 0 spiro atoms. The molecule has 3 nitrogen and oxygen atoms in total. The van der Waals surface area contributed by atoms with Gasteiger partial charge in [-0.1, -0.05) is 19.3 Å². The van der Waals surface area contributed by atoms with Gasteiger partial charge in [0, 0.05) is 17.1 Å². The number of aldehydes is 1. The fourth-order valence-corrected chi connectivity index (χ4v) is 3.93. The molecule has 0 radical (unpaired) electrons. The SMILES string of the molecule is O=Cc1nn(C2CCCCC2)c2c1CSC2. The van der Waals surface area contributed by atoms with Crippen LogP contribution in [0.5, 0.6) is 0 Å². The first-order valence-corrected chi connectivity index (χ1v) is 7.19. The number of hydrogen-bond acceptors (Lipinski definition) is 3. The van der Waals surface area contributed by atoms with E-state index in [9.17, 15) is 4.79 Å². The van der Waals surface area contributed by atoms with Crippen molar-refractivity contribution in [1.82, 2.24) is 9.78 Å². The molecule has 0 amide bonds. The van der Waals surface area contributed by atoms with Gasteiger partial charge in [0.25, 0.3) is 0 Å². The first kappa shape index (κ1) is 10.4. The van der Waals surface area contributed by atoms with Crippen molar-refractivity contribution < 1.29 is 4.79 Å². The van der Waals surface area contributed by atoms with Crippen molar-refractivity contribution in [2.45, 2.75) is 49.7 Å². The van der Waals surface area contributed by atoms with E-state index in [-0.39, 0.29) is 0 Å². The number of carbonyl (C=O) groups is 1. The molecule has 2 heterocycles. The van der Waals surface area contributed by atoms with Crippen LogP contribution in [0.15, 0.2) is 0 Å². The van der Waals surface area contributed by atoms with Crippen LogP contribution in [0.2, 0.25) is 0 Å². The number of fused-ring (bicyclic) bond motifs is 1. The Morgan fingerprint density at radius 3 is 2.81 bits per heavy atom. The lowest BCUT2D eigenvalue weighted by Gasteiger charge is -2.23. The molecule has 0 aromatic carbocycles. The minimum Gasteiger partial charge on any atom is -0.296 e. The van der Waals surface area contributed by atoms with Gasteiger partial charge >= 0.3 is 0 Å². The Labute approximate surface area is 99.6 Å². The molecular weight excluding hydrogens is 220 g/mol. The van der Waals surface area contributed by atoms with Crippen molar-refractivity contribution in [2.24, 2.45) is 0 Å². The van der Waals surface area contributed by atoms with Crippen molar-refractivity contribution in [3.05, 3.63) is 17.0 Å². The minimum atomic E-state index is 0.551. The highest BCUT2D eigenvalue weighted by molar-refractivity contribution is 7.98. The van der Waals surface area contributed by atoms with E-state index in [0.29, 0.717) is 11.7 Å². The highest BCUT2D eigenvalue weighted by Gasteiger charge is 2.26. The second-order valence-electron chi connectivity index (χ2n) is 4.66. The molecule has 0 atom stereocenters. The van der Waals surface area contributed by atoms with E-state index in [1.807, 2.05) is 11.8 Å². The molecule has 1 saturated carbocycles. The zero-order chi connectivity index (χ0) is 11.0. The lowest BCUT2D eigenvalue weighted by atomic mass is 9.95. The van der Waals surface area contributed by atoms with Crippen LogP contribution in [0.1, 0.15) is 59.9 Å². The number of thioether (sulfide) groups is 1. The molecular formula is C12H16N2OS. The number of carbonyl (C=O) groups excluding carboxylic acids is 1. The van der Waals surface area contributed by atoms with Gasteiger partial charge in [0.05, 0.1) is 11.7 Å². The molecule has 0 saturated heterocycles. The van der Waals surface area contributed by atoms with E-state index >= 15 is 0 Å². The molecule has 0 bridgehead atoms. The minimum absolute atomic E-state index is 0.551. The third-order valence-corrected chi connectivity index (χ3v) is 4.64. The fourth-order valence-electron chi connectivity index (χ4n) is 2.81. The Bertz CT molecular complexity index is 407. The summed E-state index contributed by atoms with van der Waals surface area (Å²) in [6.45, 7) is 0. The molecule has 1 fully saturated rings. The maximum absolute atomic E-state index is 11.0. The van der Waals surface area contributed by atoms with Gasteiger partial charge in [-0.3, -0.25) is 9.48 Å². The van der Waals surface area contributed by atoms with Crippen molar-refractivity contribution >= 4 is 18.0 Å². The summed E-state index contributed by atoms with van der Waals surface area (Å²) in [7, 11) is 0.